The zero-order chi connectivity index (χ0) is 17.1. The number of halogens is 1. The molecule has 0 heterocycles. The van der Waals surface area contributed by atoms with E-state index in [2.05, 4.69) is 59.5 Å². The van der Waals surface area contributed by atoms with Crippen molar-refractivity contribution in [2.75, 3.05) is 40.3 Å². The van der Waals surface area contributed by atoms with E-state index >= 15 is 0 Å². The van der Waals surface area contributed by atoms with Crippen LogP contribution < -0.4 is 15.4 Å². The van der Waals surface area contributed by atoms with E-state index in [1.54, 1.807) is 14.2 Å². The Hall–Kier alpha value is -1.02. The molecule has 5 nitrogen and oxygen atoms in total. The predicted octanol–water partition coefficient (Wildman–Crippen LogP) is 3.02. The number of nitrogens with one attached hydrogen (secondary N) is 2. The molecule has 1 rings (SSSR count). The second-order valence-electron chi connectivity index (χ2n) is 5.55. The summed E-state index contributed by atoms with van der Waals surface area (Å²) in [4.78, 5) is 6.70. The zero-order valence-corrected chi connectivity index (χ0v) is 18.0. The SMILES string of the molecule is CCN(CC)CCCNC(=NC)NCc1ccc(C)cc1OC.I. The molecule has 2 N–H and O–H groups in total. The van der Waals surface area contributed by atoms with Crippen LogP contribution in [-0.4, -0.2) is 51.2 Å². The van der Waals surface area contributed by atoms with E-state index in [0.717, 1.165) is 49.9 Å². The summed E-state index contributed by atoms with van der Waals surface area (Å²) in [5, 5.41) is 6.70. The summed E-state index contributed by atoms with van der Waals surface area (Å²) < 4.78 is 5.44. The summed E-state index contributed by atoms with van der Waals surface area (Å²) in [6.07, 6.45) is 1.11. The van der Waals surface area contributed by atoms with Gasteiger partial charge in [-0.2, -0.15) is 0 Å². The first-order valence-electron chi connectivity index (χ1n) is 8.44. The van der Waals surface area contributed by atoms with Crippen LogP contribution in [0.25, 0.3) is 0 Å². The third-order valence-electron chi connectivity index (χ3n) is 3.95. The molecule has 0 fully saturated rings. The second kappa shape index (κ2) is 13.3. The Bertz CT molecular complexity index is 490. The van der Waals surface area contributed by atoms with Crippen LogP contribution in [0.4, 0.5) is 0 Å². The first-order valence-corrected chi connectivity index (χ1v) is 8.44. The molecule has 1 aromatic rings. The standard InChI is InChI=1S/C18H32N4O.HI/c1-6-22(7-2)12-8-11-20-18(19-4)21-14-16-10-9-15(3)13-17(16)23-5;/h9-10,13H,6-8,11-12,14H2,1-5H3,(H2,19,20,21);1H. The molecule has 0 spiro atoms. The third-order valence-corrected chi connectivity index (χ3v) is 3.95. The predicted molar refractivity (Wildman–Crippen MR) is 114 cm³/mol. The van der Waals surface area contributed by atoms with Gasteiger partial charge in [-0.15, -0.1) is 24.0 Å². The fourth-order valence-electron chi connectivity index (χ4n) is 2.45. The summed E-state index contributed by atoms with van der Waals surface area (Å²) in [6.45, 7) is 11.4. The summed E-state index contributed by atoms with van der Waals surface area (Å²) >= 11 is 0. The molecule has 0 bridgehead atoms. The van der Waals surface area contributed by atoms with Crippen molar-refractivity contribution in [3.05, 3.63) is 29.3 Å². The van der Waals surface area contributed by atoms with Gasteiger partial charge in [0, 0.05) is 25.7 Å². The highest BCUT2D eigenvalue weighted by atomic mass is 127. The van der Waals surface area contributed by atoms with E-state index < -0.39 is 0 Å². The first-order chi connectivity index (χ1) is 11.1. The van der Waals surface area contributed by atoms with Crippen molar-refractivity contribution in [3.8, 4) is 5.75 Å². The molecule has 24 heavy (non-hydrogen) atoms. The van der Waals surface area contributed by atoms with Crippen molar-refractivity contribution >= 4 is 29.9 Å². The molecule has 0 saturated heterocycles. The Morgan fingerprint density at radius 1 is 1.21 bits per heavy atom. The van der Waals surface area contributed by atoms with Crippen molar-refractivity contribution in [3.63, 3.8) is 0 Å². The fourth-order valence-corrected chi connectivity index (χ4v) is 2.45. The van der Waals surface area contributed by atoms with Crippen molar-refractivity contribution < 1.29 is 4.74 Å². The molecular formula is C18H33IN4O. The quantitative estimate of drug-likeness (QED) is 0.264. The molecule has 0 aliphatic rings. The van der Waals surface area contributed by atoms with Crippen LogP contribution in [0, 0.1) is 6.92 Å². The number of benzene rings is 1. The van der Waals surface area contributed by atoms with Crippen molar-refractivity contribution in [2.24, 2.45) is 4.99 Å². The molecule has 0 atom stereocenters. The maximum Gasteiger partial charge on any atom is 0.191 e. The van der Waals surface area contributed by atoms with Crippen molar-refractivity contribution in [2.45, 2.75) is 33.7 Å². The van der Waals surface area contributed by atoms with E-state index in [1.807, 2.05) is 0 Å². The maximum atomic E-state index is 5.44. The van der Waals surface area contributed by atoms with Gasteiger partial charge in [-0.25, -0.2) is 0 Å². The highest BCUT2D eigenvalue weighted by Crippen LogP contribution is 2.19. The molecule has 0 aromatic heterocycles. The number of hydrogen-bond acceptors (Lipinski definition) is 3. The minimum atomic E-state index is 0. The van der Waals surface area contributed by atoms with Gasteiger partial charge in [0.25, 0.3) is 0 Å². The molecular weight excluding hydrogens is 415 g/mol. The van der Waals surface area contributed by atoms with Gasteiger partial charge in [-0.05, 0) is 44.6 Å². The minimum Gasteiger partial charge on any atom is -0.496 e. The summed E-state index contributed by atoms with van der Waals surface area (Å²) in [5.41, 5.74) is 2.33. The van der Waals surface area contributed by atoms with Gasteiger partial charge >= 0.3 is 0 Å². The van der Waals surface area contributed by atoms with Crippen LogP contribution in [0.15, 0.2) is 23.2 Å². The molecule has 0 radical (unpaired) electrons. The van der Waals surface area contributed by atoms with Crippen molar-refractivity contribution in [1.82, 2.24) is 15.5 Å². The Kier molecular flexibility index (Phi) is 12.7. The lowest BCUT2D eigenvalue weighted by atomic mass is 10.1. The summed E-state index contributed by atoms with van der Waals surface area (Å²) in [6, 6.07) is 6.24. The molecule has 0 amide bonds. The molecule has 138 valence electrons. The van der Waals surface area contributed by atoms with E-state index in [9.17, 15) is 0 Å². The maximum absolute atomic E-state index is 5.44. The number of aliphatic imine (C=N–C) groups is 1. The Morgan fingerprint density at radius 3 is 2.50 bits per heavy atom. The molecule has 0 aliphatic carbocycles. The number of rotatable bonds is 9. The smallest absolute Gasteiger partial charge is 0.191 e. The number of ether oxygens (including phenoxy) is 1. The van der Waals surface area contributed by atoms with Crippen LogP contribution >= 0.6 is 24.0 Å². The monoisotopic (exact) mass is 448 g/mol. The molecule has 0 unspecified atom stereocenters. The van der Waals surface area contributed by atoms with Gasteiger partial charge in [-0.1, -0.05) is 26.0 Å². The van der Waals surface area contributed by atoms with Gasteiger partial charge in [0.2, 0.25) is 0 Å². The van der Waals surface area contributed by atoms with Gasteiger partial charge < -0.3 is 20.3 Å². The van der Waals surface area contributed by atoms with E-state index in [4.69, 9.17) is 4.74 Å². The van der Waals surface area contributed by atoms with E-state index in [-0.39, 0.29) is 24.0 Å². The number of methoxy groups -OCH3 is 1. The van der Waals surface area contributed by atoms with Gasteiger partial charge in [0.05, 0.1) is 7.11 Å². The number of nitrogens with zero attached hydrogens (tertiary/aromatic N) is 2. The van der Waals surface area contributed by atoms with Crippen LogP contribution in [0.2, 0.25) is 0 Å². The molecule has 6 heteroatoms. The summed E-state index contributed by atoms with van der Waals surface area (Å²) in [5.74, 6) is 1.74. The Balaban J connectivity index is 0.00000529. The lowest BCUT2D eigenvalue weighted by molar-refractivity contribution is 0.300. The lowest BCUT2D eigenvalue weighted by Crippen LogP contribution is -2.38. The average molecular weight is 448 g/mol. The fraction of sp³-hybridized carbons (Fsp3) is 0.611. The second-order valence-corrected chi connectivity index (χ2v) is 5.55. The van der Waals surface area contributed by atoms with Crippen LogP contribution in [0.1, 0.15) is 31.4 Å². The zero-order valence-electron chi connectivity index (χ0n) is 15.7. The highest BCUT2D eigenvalue weighted by Gasteiger charge is 2.05. The van der Waals surface area contributed by atoms with Gasteiger partial charge in [0.1, 0.15) is 5.75 Å². The third kappa shape index (κ3) is 8.19. The number of guanidine groups is 1. The minimum absolute atomic E-state index is 0. The van der Waals surface area contributed by atoms with Crippen LogP contribution in [-0.2, 0) is 6.54 Å². The topological polar surface area (TPSA) is 48.9 Å². The van der Waals surface area contributed by atoms with Gasteiger partial charge in [0.15, 0.2) is 5.96 Å². The summed E-state index contributed by atoms with van der Waals surface area (Å²) in [7, 11) is 3.50. The molecule has 0 saturated carbocycles. The number of aryl methyl sites for hydroxylation is 1. The first kappa shape index (κ1) is 23.0. The highest BCUT2D eigenvalue weighted by molar-refractivity contribution is 14.0. The van der Waals surface area contributed by atoms with Gasteiger partial charge in [-0.3, -0.25) is 4.99 Å². The Labute approximate surface area is 164 Å². The average Bonchev–Trinajstić information content (AvgIpc) is 2.58. The lowest BCUT2D eigenvalue weighted by Gasteiger charge is -2.18. The molecule has 0 aliphatic heterocycles. The molecule has 1 aromatic carbocycles. The van der Waals surface area contributed by atoms with Crippen molar-refractivity contribution in [1.29, 1.82) is 0 Å². The van der Waals surface area contributed by atoms with Crippen LogP contribution in [0.5, 0.6) is 5.75 Å². The normalized spacial score (nSPS) is 11.2. The van der Waals surface area contributed by atoms with E-state index in [1.165, 1.54) is 5.56 Å². The Morgan fingerprint density at radius 2 is 1.92 bits per heavy atom. The number of hydrogen-bond donors (Lipinski definition) is 2. The van der Waals surface area contributed by atoms with E-state index in [0.29, 0.717) is 6.54 Å². The largest absolute Gasteiger partial charge is 0.496 e. The van der Waals surface area contributed by atoms with Crippen LogP contribution in [0.3, 0.4) is 0 Å².